The van der Waals surface area contributed by atoms with E-state index in [9.17, 15) is 0 Å². The predicted molar refractivity (Wildman–Crippen MR) is 84.3 cm³/mol. The van der Waals surface area contributed by atoms with Crippen molar-refractivity contribution >= 4 is 10.8 Å². The van der Waals surface area contributed by atoms with Gasteiger partial charge in [-0.15, -0.1) is 0 Å². The van der Waals surface area contributed by atoms with Crippen LogP contribution in [-0.4, -0.2) is 16.2 Å². The summed E-state index contributed by atoms with van der Waals surface area (Å²) < 4.78 is 8.05. The summed E-state index contributed by atoms with van der Waals surface area (Å²) in [6.07, 6.45) is 5.49. The number of nitrogens with two attached hydrogens (primary N) is 1. The van der Waals surface area contributed by atoms with Crippen molar-refractivity contribution in [2.75, 3.05) is 6.61 Å². The number of nitrogens with zero attached hydrogens (tertiary/aromatic N) is 2. The number of ether oxygens (including phenoxy) is 1. The molecule has 4 nitrogen and oxygen atoms in total. The van der Waals surface area contributed by atoms with Crippen molar-refractivity contribution in [1.29, 1.82) is 0 Å². The molecule has 0 fully saturated rings. The van der Waals surface area contributed by atoms with E-state index in [0.717, 1.165) is 23.2 Å². The molecule has 2 aromatic carbocycles. The highest BCUT2D eigenvalue weighted by Gasteiger charge is 2.12. The minimum Gasteiger partial charge on any atom is -0.491 e. The van der Waals surface area contributed by atoms with Crippen LogP contribution in [0.3, 0.4) is 0 Å². The van der Waals surface area contributed by atoms with Crippen LogP contribution in [0, 0.1) is 0 Å². The largest absolute Gasteiger partial charge is 0.491 e. The second-order valence-corrected chi connectivity index (χ2v) is 5.14. The zero-order chi connectivity index (χ0) is 14.7. The van der Waals surface area contributed by atoms with Gasteiger partial charge >= 0.3 is 0 Å². The maximum absolute atomic E-state index is 6.08. The van der Waals surface area contributed by atoms with E-state index < -0.39 is 0 Å². The third-order valence-electron chi connectivity index (χ3n) is 3.56. The first-order valence-corrected chi connectivity index (χ1v) is 7.11. The molecule has 21 heavy (non-hydrogen) atoms. The van der Waals surface area contributed by atoms with Crippen LogP contribution in [-0.2, 0) is 6.54 Å². The average Bonchev–Trinajstić information content (AvgIpc) is 3.00. The molecule has 108 valence electrons. The summed E-state index contributed by atoms with van der Waals surface area (Å²) in [6.45, 7) is 3.33. The van der Waals surface area contributed by atoms with Gasteiger partial charge in [-0.3, -0.25) is 0 Å². The van der Waals surface area contributed by atoms with Crippen LogP contribution in [0.5, 0.6) is 5.75 Å². The van der Waals surface area contributed by atoms with E-state index in [1.807, 2.05) is 29.8 Å². The van der Waals surface area contributed by atoms with Crippen LogP contribution in [0.15, 0.2) is 55.1 Å². The Morgan fingerprint density at radius 3 is 2.86 bits per heavy atom. The lowest BCUT2D eigenvalue weighted by Gasteiger charge is -2.17. The number of aromatic nitrogens is 2. The lowest BCUT2D eigenvalue weighted by atomic mass is 10.0. The minimum absolute atomic E-state index is 0.0575. The summed E-state index contributed by atoms with van der Waals surface area (Å²) in [7, 11) is 0. The molecule has 2 N–H and O–H groups in total. The molecule has 0 amide bonds. The fourth-order valence-electron chi connectivity index (χ4n) is 2.45. The molecule has 0 aliphatic carbocycles. The Morgan fingerprint density at radius 1 is 1.24 bits per heavy atom. The Labute approximate surface area is 124 Å². The van der Waals surface area contributed by atoms with E-state index in [4.69, 9.17) is 10.5 Å². The summed E-state index contributed by atoms with van der Waals surface area (Å²) >= 11 is 0. The fourth-order valence-corrected chi connectivity index (χ4v) is 2.45. The van der Waals surface area contributed by atoms with Gasteiger partial charge in [-0.05, 0) is 12.3 Å². The van der Waals surface area contributed by atoms with Gasteiger partial charge in [0.15, 0.2) is 0 Å². The summed E-state index contributed by atoms with van der Waals surface area (Å²) in [4.78, 5) is 4.03. The highest BCUT2D eigenvalue weighted by atomic mass is 16.5. The Hall–Kier alpha value is -2.33. The van der Waals surface area contributed by atoms with E-state index in [1.165, 1.54) is 5.39 Å². The third kappa shape index (κ3) is 2.90. The van der Waals surface area contributed by atoms with Gasteiger partial charge in [0.2, 0.25) is 0 Å². The number of hydrogen-bond acceptors (Lipinski definition) is 3. The SMILES string of the molecule is C[C@H](N)c1ccc2ccccc2c1OCCn1ccnc1. The monoisotopic (exact) mass is 281 g/mol. The molecule has 1 atom stereocenters. The Balaban J connectivity index is 1.89. The van der Waals surface area contributed by atoms with Gasteiger partial charge in [0.25, 0.3) is 0 Å². The molecule has 0 spiro atoms. The van der Waals surface area contributed by atoms with Crippen LogP contribution in [0.4, 0.5) is 0 Å². The molecule has 1 heterocycles. The van der Waals surface area contributed by atoms with Gasteiger partial charge in [-0.2, -0.15) is 0 Å². The molecule has 0 unspecified atom stereocenters. The Morgan fingerprint density at radius 2 is 2.10 bits per heavy atom. The number of fused-ring (bicyclic) bond motifs is 1. The maximum atomic E-state index is 6.08. The van der Waals surface area contributed by atoms with E-state index in [1.54, 1.807) is 12.5 Å². The van der Waals surface area contributed by atoms with Gasteiger partial charge in [-0.25, -0.2) is 4.98 Å². The van der Waals surface area contributed by atoms with Crippen LogP contribution < -0.4 is 10.5 Å². The van der Waals surface area contributed by atoms with E-state index in [-0.39, 0.29) is 6.04 Å². The van der Waals surface area contributed by atoms with Gasteiger partial charge in [0, 0.05) is 29.4 Å². The van der Waals surface area contributed by atoms with Crippen molar-refractivity contribution < 1.29 is 4.74 Å². The smallest absolute Gasteiger partial charge is 0.131 e. The molecule has 0 radical (unpaired) electrons. The number of rotatable bonds is 5. The van der Waals surface area contributed by atoms with Gasteiger partial charge < -0.3 is 15.0 Å². The predicted octanol–water partition coefficient (Wildman–Crippen LogP) is 3.14. The second-order valence-electron chi connectivity index (χ2n) is 5.14. The number of imidazole rings is 1. The van der Waals surface area contributed by atoms with Crippen molar-refractivity contribution in [2.24, 2.45) is 5.73 Å². The van der Waals surface area contributed by atoms with Crippen molar-refractivity contribution in [3.05, 3.63) is 60.7 Å². The van der Waals surface area contributed by atoms with Crippen LogP contribution >= 0.6 is 0 Å². The molecule has 0 aliphatic heterocycles. The first-order valence-electron chi connectivity index (χ1n) is 7.11. The van der Waals surface area contributed by atoms with Gasteiger partial charge in [0.05, 0.1) is 12.9 Å². The molecule has 0 bridgehead atoms. The Kier molecular flexibility index (Phi) is 3.88. The normalized spacial score (nSPS) is 12.5. The lowest BCUT2D eigenvalue weighted by Crippen LogP contribution is -2.11. The van der Waals surface area contributed by atoms with Crippen molar-refractivity contribution in [2.45, 2.75) is 19.5 Å². The number of hydrogen-bond donors (Lipinski definition) is 1. The zero-order valence-electron chi connectivity index (χ0n) is 12.1. The molecule has 0 aliphatic rings. The minimum atomic E-state index is -0.0575. The fraction of sp³-hybridized carbons (Fsp3) is 0.235. The van der Waals surface area contributed by atoms with E-state index in [0.29, 0.717) is 6.61 Å². The molecule has 1 aromatic heterocycles. The van der Waals surface area contributed by atoms with Crippen LogP contribution in [0.2, 0.25) is 0 Å². The summed E-state index contributed by atoms with van der Waals surface area (Å²) in [5, 5.41) is 2.28. The summed E-state index contributed by atoms with van der Waals surface area (Å²) in [5.41, 5.74) is 7.12. The molecule has 3 rings (SSSR count). The first kappa shape index (κ1) is 13.6. The third-order valence-corrected chi connectivity index (χ3v) is 3.56. The molecular weight excluding hydrogens is 262 g/mol. The topological polar surface area (TPSA) is 53.1 Å². The summed E-state index contributed by atoms with van der Waals surface area (Å²) in [5.74, 6) is 0.892. The molecule has 0 saturated carbocycles. The second kappa shape index (κ2) is 5.97. The number of benzene rings is 2. The van der Waals surface area contributed by atoms with E-state index in [2.05, 4.69) is 29.2 Å². The van der Waals surface area contributed by atoms with Gasteiger partial charge in [-0.1, -0.05) is 36.4 Å². The standard InChI is InChI=1S/C17H19N3O/c1-13(18)15-7-6-14-4-2-3-5-16(14)17(15)21-11-10-20-9-8-19-12-20/h2-9,12-13H,10-11,18H2,1H3/t13-/m0/s1. The first-order chi connectivity index (χ1) is 10.3. The lowest BCUT2D eigenvalue weighted by molar-refractivity contribution is 0.297. The van der Waals surface area contributed by atoms with Crippen molar-refractivity contribution in [3.8, 4) is 5.75 Å². The molecule has 3 aromatic rings. The molecular formula is C17H19N3O. The quantitative estimate of drug-likeness (QED) is 0.781. The highest BCUT2D eigenvalue weighted by Crippen LogP contribution is 2.32. The highest BCUT2D eigenvalue weighted by molar-refractivity contribution is 5.89. The van der Waals surface area contributed by atoms with Crippen molar-refractivity contribution in [3.63, 3.8) is 0 Å². The van der Waals surface area contributed by atoms with Crippen molar-refractivity contribution in [1.82, 2.24) is 9.55 Å². The molecule has 4 heteroatoms. The van der Waals surface area contributed by atoms with Crippen LogP contribution in [0.25, 0.3) is 10.8 Å². The average molecular weight is 281 g/mol. The van der Waals surface area contributed by atoms with Crippen LogP contribution in [0.1, 0.15) is 18.5 Å². The van der Waals surface area contributed by atoms with E-state index >= 15 is 0 Å². The van der Waals surface area contributed by atoms with Gasteiger partial charge in [0.1, 0.15) is 12.4 Å². The Bertz CT molecular complexity index is 720. The summed E-state index contributed by atoms with van der Waals surface area (Å²) in [6, 6.07) is 12.3. The zero-order valence-corrected chi connectivity index (χ0v) is 12.1. The molecule has 0 saturated heterocycles. The maximum Gasteiger partial charge on any atom is 0.131 e.